The van der Waals surface area contributed by atoms with Gasteiger partial charge in [0.2, 0.25) is 0 Å². The van der Waals surface area contributed by atoms with Crippen LogP contribution in [-0.2, 0) is 23.8 Å². The molecule has 3 atom stereocenters. The normalized spacial score (nSPS) is 19.7. The summed E-state index contributed by atoms with van der Waals surface area (Å²) in [6.45, 7) is 4.15. The van der Waals surface area contributed by atoms with Gasteiger partial charge in [-0.25, -0.2) is 14.0 Å². The third-order valence-electron chi connectivity index (χ3n) is 4.57. The lowest BCUT2D eigenvalue weighted by atomic mass is 10.2. The van der Waals surface area contributed by atoms with Gasteiger partial charge in [0, 0.05) is 19.2 Å². The molecule has 2 rings (SSSR count). The molecule has 1 aliphatic heterocycles. The van der Waals surface area contributed by atoms with Gasteiger partial charge in [0.1, 0.15) is 18.6 Å². The number of alkyl halides is 1. The number of anilines is 1. The largest absolute Gasteiger partial charge is 0.460 e. The van der Waals surface area contributed by atoms with Gasteiger partial charge in [0.15, 0.2) is 12.8 Å². The van der Waals surface area contributed by atoms with Gasteiger partial charge in [-0.15, -0.1) is 0 Å². The molecule has 2 heterocycles. The molecule has 0 radical (unpaired) electrons. The van der Waals surface area contributed by atoms with Crippen molar-refractivity contribution in [2.45, 2.75) is 70.9 Å². The number of nitrogens with zero attached hydrogens (tertiary/aromatic N) is 2. The van der Waals surface area contributed by atoms with E-state index in [0.29, 0.717) is 6.54 Å². The van der Waals surface area contributed by atoms with Crippen LogP contribution in [0.15, 0.2) is 17.1 Å². The van der Waals surface area contributed by atoms with Gasteiger partial charge in [-0.1, -0.05) is 39.5 Å². The maximum atomic E-state index is 14.1. The Morgan fingerprint density at radius 2 is 1.97 bits per heavy atom. The first-order valence-corrected chi connectivity index (χ1v) is 10.9. The van der Waals surface area contributed by atoms with Crippen molar-refractivity contribution in [3.63, 3.8) is 0 Å². The second-order valence-electron chi connectivity index (χ2n) is 7.35. The fraction of sp³-hybridized carbons (Fsp3) is 0.714. The molecular formula is C21H35FN4O6. The minimum Gasteiger partial charge on any atom is -0.460 e. The van der Waals surface area contributed by atoms with Crippen molar-refractivity contribution < 1.29 is 28.2 Å². The number of nitrogens with one attached hydrogen (secondary N) is 1. The monoisotopic (exact) mass is 458 g/mol. The summed E-state index contributed by atoms with van der Waals surface area (Å²) in [4.78, 5) is 38.1. The van der Waals surface area contributed by atoms with Crippen molar-refractivity contribution in [2.24, 2.45) is 0 Å². The number of rotatable bonds is 11. The first-order chi connectivity index (χ1) is 15.3. The minimum absolute atomic E-state index is 0.0226. The second-order valence-corrected chi connectivity index (χ2v) is 7.35. The van der Waals surface area contributed by atoms with Crippen molar-refractivity contribution >= 4 is 17.8 Å². The van der Waals surface area contributed by atoms with Crippen LogP contribution in [0, 0.1) is 0 Å². The molecular weight excluding hydrogens is 423 g/mol. The molecule has 1 aromatic heterocycles. The van der Waals surface area contributed by atoms with Crippen LogP contribution in [0.5, 0.6) is 0 Å². The summed E-state index contributed by atoms with van der Waals surface area (Å²) in [5.41, 5.74) is 4.66. The number of esters is 2. The number of carbonyl (C=O) groups excluding carboxylic acids is 2. The molecule has 1 fully saturated rings. The third-order valence-corrected chi connectivity index (χ3v) is 4.57. The second kappa shape index (κ2) is 15.3. The van der Waals surface area contributed by atoms with Crippen LogP contribution in [0.2, 0.25) is 0 Å². The van der Waals surface area contributed by atoms with Crippen LogP contribution < -0.4 is 16.7 Å². The standard InChI is InChI=1S/C15H21FN4O6.C6H14/c1-18-4-2-12(21)25-8-13(22)24-7-9-6-10(16)14(26-9)20-5-3-11(17)19-15(20)23;1-3-5-6-4-2/h3,5,9-10,14,18H,2,4,6-8H2,1H3,(H2,17,19,23);3-6H2,1-2H3. The Morgan fingerprint density at radius 3 is 2.56 bits per heavy atom. The lowest BCUT2D eigenvalue weighted by Gasteiger charge is -2.16. The van der Waals surface area contributed by atoms with Crippen molar-refractivity contribution in [1.29, 1.82) is 0 Å². The highest BCUT2D eigenvalue weighted by Crippen LogP contribution is 2.30. The van der Waals surface area contributed by atoms with E-state index in [2.05, 4.69) is 24.1 Å². The van der Waals surface area contributed by atoms with E-state index in [1.54, 1.807) is 7.05 Å². The van der Waals surface area contributed by atoms with E-state index in [1.165, 1.54) is 37.9 Å². The Kier molecular flexibility index (Phi) is 13.2. The molecule has 0 bridgehead atoms. The number of hydrogen-bond donors (Lipinski definition) is 2. The van der Waals surface area contributed by atoms with Crippen LogP contribution >= 0.6 is 0 Å². The molecule has 0 saturated carbocycles. The topological polar surface area (TPSA) is 135 Å². The molecule has 3 N–H and O–H groups in total. The van der Waals surface area contributed by atoms with Gasteiger partial charge in [0.25, 0.3) is 0 Å². The highest BCUT2D eigenvalue weighted by molar-refractivity contribution is 5.76. The van der Waals surface area contributed by atoms with Crippen LogP contribution in [0.1, 0.15) is 58.6 Å². The molecule has 11 heteroatoms. The average Bonchev–Trinajstić information content (AvgIpc) is 3.14. The highest BCUT2D eigenvalue weighted by atomic mass is 19.1. The third kappa shape index (κ3) is 10.2. The van der Waals surface area contributed by atoms with Gasteiger partial charge in [0.05, 0.1) is 12.5 Å². The van der Waals surface area contributed by atoms with Crippen LogP contribution in [0.3, 0.4) is 0 Å². The van der Waals surface area contributed by atoms with Gasteiger partial charge in [-0.3, -0.25) is 9.36 Å². The Bertz CT molecular complexity index is 756. The zero-order valence-corrected chi connectivity index (χ0v) is 19.0. The van der Waals surface area contributed by atoms with E-state index in [4.69, 9.17) is 19.9 Å². The first kappa shape index (κ1) is 27.5. The predicted octanol–water partition coefficient (Wildman–Crippen LogP) is 1.73. The first-order valence-electron chi connectivity index (χ1n) is 10.9. The van der Waals surface area contributed by atoms with Crippen LogP contribution in [0.4, 0.5) is 10.2 Å². The minimum atomic E-state index is -1.47. The maximum absolute atomic E-state index is 14.1. The number of nitrogens with two attached hydrogens (primary N) is 1. The lowest BCUT2D eigenvalue weighted by molar-refractivity contribution is -0.161. The summed E-state index contributed by atoms with van der Waals surface area (Å²) in [7, 11) is 1.68. The average molecular weight is 459 g/mol. The van der Waals surface area contributed by atoms with E-state index in [0.717, 1.165) is 4.57 Å². The fourth-order valence-electron chi connectivity index (χ4n) is 2.84. The molecule has 1 saturated heterocycles. The van der Waals surface area contributed by atoms with E-state index >= 15 is 0 Å². The SMILES string of the molecule is CCCCCC.CNCCC(=O)OCC(=O)OCC1CC(F)C(n2ccc(N)nc2=O)O1. The molecule has 0 amide bonds. The van der Waals surface area contributed by atoms with E-state index in [9.17, 15) is 18.8 Å². The summed E-state index contributed by atoms with van der Waals surface area (Å²) >= 11 is 0. The van der Waals surface area contributed by atoms with Gasteiger partial charge in [-0.05, 0) is 13.1 Å². The number of ether oxygens (including phenoxy) is 3. The molecule has 32 heavy (non-hydrogen) atoms. The van der Waals surface area contributed by atoms with Crippen molar-refractivity contribution in [3.05, 3.63) is 22.7 Å². The summed E-state index contributed by atoms with van der Waals surface area (Å²) in [6, 6.07) is 1.35. The highest BCUT2D eigenvalue weighted by Gasteiger charge is 2.38. The summed E-state index contributed by atoms with van der Waals surface area (Å²) in [5.74, 6) is -1.28. The number of nitrogen functional groups attached to an aromatic ring is 1. The Hall–Kier alpha value is -2.53. The van der Waals surface area contributed by atoms with E-state index in [-0.39, 0.29) is 25.3 Å². The number of halogens is 1. The van der Waals surface area contributed by atoms with E-state index in [1.807, 2.05) is 0 Å². The van der Waals surface area contributed by atoms with Crippen molar-refractivity contribution in [3.8, 4) is 0 Å². The Labute approximate surface area is 187 Å². The zero-order chi connectivity index (χ0) is 23.9. The molecule has 1 aromatic rings. The quantitative estimate of drug-likeness (QED) is 0.375. The van der Waals surface area contributed by atoms with E-state index < -0.39 is 42.7 Å². The summed E-state index contributed by atoms with van der Waals surface area (Å²) < 4.78 is 30.2. The molecule has 10 nitrogen and oxygen atoms in total. The molecule has 1 aliphatic rings. The molecule has 0 aromatic carbocycles. The Balaban J connectivity index is 0.000000751. The fourth-order valence-corrected chi connectivity index (χ4v) is 2.84. The predicted molar refractivity (Wildman–Crippen MR) is 117 cm³/mol. The maximum Gasteiger partial charge on any atom is 0.351 e. The van der Waals surface area contributed by atoms with Crippen LogP contribution in [0.25, 0.3) is 0 Å². The Morgan fingerprint density at radius 1 is 1.28 bits per heavy atom. The summed E-state index contributed by atoms with van der Waals surface area (Å²) in [5, 5.41) is 2.77. The molecule has 0 spiro atoms. The smallest absolute Gasteiger partial charge is 0.351 e. The number of hydrogen-bond acceptors (Lipinski definition) is 9. The van der Waals surface area contributed by atoms with Crippen LogP contribution in [-0.4, -0.2) is 60.6 Å². The zero-order valence-electron chi connectivity index (χ0n) is 19.0. The van der Waals surface area contributed by atoms with Gasteiger partial charge >= 0.3 is 17.6 Å². The number of aromatic nitrogens is 2. The molecule has 0 aliphatic carbocycles. The van der Waals surface area contributed by atoms with Crippen molar-refractivity contribution in [2.75, 3.05) is 32.5 Å². The molecule has 3 unspecified atom stereocenters. The van der Waals surface area contributed by atoms with Gasteiger partial charge < -0.3 is 25.3 Å². The molecule has 182 valence electrons. The number of unbranched alkanes of at least 4 members (excludes halogenated alkanes) is 3. The van der Waals surface area contributed by atoms with Gasteiger partial charge in [-0.2, -0.15) is 4.98 Å². The summed E-state index contributed by atoms with van der Waals surface area (Å²) in [6.07, 6.45) is 3.53. The number of carbonyl (C=O) groups is 2. The lowest BCUT2D eigenvalue weighted by Crippen LogP contribution is -2.30. The van der Waals surface area contributed by atoms with Crippen molar-refractivity contribution in [1.82, 2.24) is 14.9 Å².